The molecule has 1 unspecified atom stereocenters. The van der Waals surface area contributed by atoms with Crippen molar-refractivity contribution in [3.05, 3.63) is 29.2 Å². The van der Waals surface area contributed by atoms with Crippen LogP contribution in [0.15, 0.2) is 29.4 Å². The predicted molar refractivity (Wildman–Crippen MR) is 80.0 cm³/mol. The summed E-state index contributed by atoms with van der Waals surface area (Å²) in [6.07, 6.45) is 0.326. The van der Waals surface area contributed by atoms with Crippen LogP contribution in [-0.2, 0) is 9.84 Å². The molecular formula is C13H13N3O5S. The number of carbonyl (C=O) groups excluding carboxylic acids is 1. The Hall–Kier alpha value is -2.42. The van der Waals surface area contributed by atoms with Crippen LogP contribution < -0.4 is 5.32 Å². The van der Waals surface area contributed by atoms with Crippen LogP contribution in [0.1, 0.15) is 6.42 Å². The quantitative estimate of drug-likeness (QED) is 0.812. The number of para-hydroxylation sites is 1. The number of amides is 1. The van der Waals surface area contributed by atoms with Gasteiger partial charge in [0.25, 0.3) is 0 Å². The van der Waals surface area contributed by atoms with Gasteiger partial charge in [-0.05, 0) is 17.7 Å². The van der Waals surface area contributed by atoms with Gasteiger partial charge < -0.3 is 10.4 Å². The van der Waals surface area contributed by atoms with Crippen LogP contribution in [-0.4, -0.2) is 41.7 Å². The molecule has 2 aromatic rings. The molecule has 2 heterocycles. The molecule has 0 bridgehead atoms. The first-order chi connectivity index (χ1) is 10.4. The van der Waals surface area contributed by atoms with Gasteiger partial charge in [-0.2, -0.15) is 0 Å². The van der Waals surface area contributed by atoms with Gasteiger partial charge in [0, 0.05) is 11.4 Å². The molecule has 1 aliphatic heterocycles. The molecule has 0 saturated carbocycles. The van der Waals surface area contributed by atoms with E-state index in [-0.39, 0.29) is 17.2 Å². The summed E-state index contributed by atoms with van der Waals surface area (Å²) in [5.74, 6) is -0.663. The summed E-state index contributed by atoms with van der Waals surface area (Å²) in [5.41, 5.74) is 0.109. The standard InChI is InChI=1S/C13H13N3O5S/c17-12-11(15-19)9-3-1-2-4-10(9)16(12)13(18)14-8-5-6-22(20,21)7-8/h1-4,8,17H,5-7H2,(H,14,18). The zero-order valence-electron chi connectivity index (χ0n) is 11.4. The van der Waals surface area contributed by atoms with Gasteiger partial charge in [-0.25, -0.2) is 17.8 Å². The minimum atomic E-state index is -3.13. The summed E-state index contributed by atoms with van der Waals surface area (Å²) in [7, 11) is -3.13. The molecule has 1 atom stereocenters. The molecule has 9 heteroatoms. The Morgan fingerprint density at radius 3 is 2.73 bits per heavy atom. The van der Waals surface area contributed by atoms with Crippen LogP contribution >= 0.6 is 0 Å². The van der Waals surface area contributed by atoms with E-state index in [9.17, 15) is 23.2 Å². The fourth-order valence-corrected chi connectivity index (χ4v) is 4.33. The first-order valence-corrected chi connectivity index (χ1v) is 8.42. The highest BCUT2D eigenvalue weighted by Gasteiger charge is 2.30. The Morgan fingerprint density at radius 2 is 2.09 bits per heavy atom. The Bertz CT molecular complexity index is 871. The second kappa shape index (κ2) is 5.09. The molecule has 0 aliphatic carbocycles. The molecule has 116 valence electrons. The minimum Gasteiger partial charge on any atom is -0.492 e. The fraction of sp³-hybridized carbons (Fsp3) is 0.308. The van der Waals surface area contributed by atoms with E-state index in [1.165, 1.54) is 0 Å². The molecule has 22 heavy (non-hydrogen) atoms. The number of fused-ring (bicyclic) bond motifs is 1. The third kappa shape index (κ3) is 2.33. The van der Waals surface area contributed by atoms with E-state index in [0.717, 1.165) is 4.57 Å². The first kappa shape index (κ1) is 14.5. The third-order valence-electron chi connectivity index (χ3n) is 3.68. The molecule has 1 fully saturated rings. The van der Waals surface area contributed by atoms with Crippen molar-refractivity contribution in [2.75, 3.05) is 11.5 Å². The Balaban J connectivity index is 1.98. The van der Waals surface area contributed by atoms with Crippen molar-refractivity contribution < 1.29 is 18.3 Å². The molecule has 0 radical (unpaired) electrons. The molecular weight excluding hydrogens is 310 g/mol. The normalized spacial score (nSPS) is 20.1. The second-order valence-corrected chi connectivity index (χ2v) is 7.39. The van der Waals surface area contributed by atoms with Crippen molar-refractivity contribution in [1.82, 2.24) is 9.88 Å². The van der Waals surface area contributed by atoms with E-state index < -0.39 is 27.8 Å². The van der Waals surface area contributed by atoms with Crippen LogP contribution in [0.4, 0.5) is 10.5 Å². The lowest BCUT2D eigenvalue weighted by atomic mass is 10.2. The van der Waals surface area contributed by atoms with Gasteiger partial charge in [0.15, 0.2) is 15.5 Å². The molecule has 1 aromatic carbocycles. The van der Waals surface area contributed by atoms with Gasteiger partial charge in [0.05, 0.1) is 17.0 Å². The number of hydrogen-bond acceptors (Lipinski definition) is 6. The molecule has 1 saturated heterocycles. The largest absolute Gasteiger partial charge is 0.492 e. The van der Waals surface area contributed by atoms with Crippen molar-refractivity contribution in [2.45, 2.75) is 12.5 Å². The van der Waals surface area contributed by atoms with Crippen LogP contribution in [0.25, 0.3) is 10.9 Å². The summed E-state index contributed by atoms with van der Waals surface area (Å²) >= 11 is 0. The molecule has 3 rings (SSSR count). The van der Waals surface area contributed by atoms with Crippen molar-refractivity contribution in [3.8, 4) is 5.88 Å². The fourth-order valence-electron chi connectivity index (χ4n) is 2.65. The van der Waals surface area contributed by atoms with E-state index in [4.69, 9.17) is 0 Å². The smallest absolute Gasteiger partial charge is 0.329 e. The molecule has 0 spiro atoms. The van der Waals surface area contributed by atoms with Crippen molar-refractivity contribution >= 4 is 32.5 Å². The molecule has 2 N–H and O–H groups in total. The minimum absolute atomic E-state index is 0.0253. The number of nitrogens with one attached hydrogen (secondary N) is 1. The van der Waals surface area contributed by atoms with Gasteiger partial charge in [-0.1, -0.05) is 18.2 Å². The molecule has 1 aromatic heterocycles. The number of aromatic nitrogens is 1. The average Bonchev–Trinajstić information content (AvgIpc) is 2.94. The monoisotopic (exact) mass is 323 g/mol. The zero-order chi connectivity index (χ0) is 15.9. The summed E-state index contributed by atoms with van der Waals surface area (Å²) in [5, 5.41) is 15.7. The highest BCUT2D eigenvalue weighted by atomic mass is 32.2. The number of sulfone groups is 1. The lowest BCUT2D eigenvalue weighted by Crippen LogP contribution is -2.38. The van der Waals surface area contributed by atoms with E-state index >= 15 is 0 Å². The average molecular weight is 323 g/mol. The van der Waals surface area contributed by atoms with Crippen molar-refractivity contribution in [3.63, 3.8) is 0 Å². The van der Waals surface area contributed by atoms with Crippen LogP contribution in [0, 0.1) is 4.91 Å². The summed E-state index contributed by atoms with van der Waals surface area (Å²) < 4.78 is 23.8. The molecule has 8 nitrogen and oxygen atoms in total. The maximum Gasteiger partial charge on any atom is 0.329 e. The SMILES string of the molecule is O=Nc1c(O)n(C(=O)NC2CCS(=O)(=O)C2)c2ccccc12. The van der Waals surface area contributed by atoms with Crippen molar-refractivity contribution in [1.29, 1.82) is 0 Å². The molecule has 1 amide bonds. The number of nitroso groups, excluding NO2 is 1. The summed E-state index contributed by atoms with van der Waals surface area (Å²) in [4.78, 5) is 23.2. The second-order valence-electron chi connectivity index (χ2n) is 5.17. The Morgan fingerprint density at radius 1 is 1.36 bits per heavy atom. The highest BCUT2D eigenvalue weighted by molar-refractivity contribution is 7.91. The number of rotatable bonds is 2. The number of nitrogens with zero attached hydrogens (tertiary/aromatic N) is 2. The van der Waals surface area contributed by atoms with Crippen LogP contribution in [0.2, 0.25) is 0 Å². The number of carbonyl (C=O) groups is 1. The first-order valence-electron chi connectivity index (χ1n) is 6.60. The van der Waals surface area contributed by atoms with E-state index in [1.807, 2.05) is 0 Å². The van der Waals surface area contributed by atoms with Crippen LogP contribution in [0.5, 0.6) is 5.88 Å². The number of aromatic hydroxyl groups is 1. The third-order valence-corrected chi connectivity index (χ3v) is 5.45. The van der Waals surface area contributed by atoms with Gasteiger partial charge in [-0.15, -0.1) is 4.91 Å². The Labute approximate surface area is 125 Å². The topological polar surface area (TPSA) is 118 Å². The van der Waals surface area contributed by atoms with Gasteiger partial charge in [0.2, 0.25) is 5.88 Å². The van der Waals surface area contributed by atoms with Crippen molar-refractivity contribution in [2.24, 2.45) is 5.18 Å². The summed E-state index contributed by atoms with van der Waals surface area (Å²) in [6.45, 7) is 0. The Kier molecular flexibility index (Phi) is 3.36. The lowest BCUT2D eigenvalue weighted by Gasteiger charge is -2.12. The maximum atomic E-state index is 12.3. The van der Waals surface area contributed by atoms with Gasteiger partial charge >= 0.3 is 6.03 Å². The van der Waals surface area contributed by atoms with E-state index in [1.54, 1.807) is 24.3 Å². The highest BCUT2D eigenvalue weighted by Crippen LogP contribution is 2.38. The summed E-state index contributed by atoms with van der Waals surface area (Å²) in [6, 6.07) is 5.24. The number of hydrogen-bond donors (Lipinski definition) is 2. The van der Waals surface area contributed by atoms with E-state index in [0.29, 0.717) is 17.3 Å². The zero-order valence-corrected chi connectivity index (χ0v) is 12.2. The lowest BCUT2D eigenvalue weighted by molar-refractivity contribution is 0.237. The van der Waals surface area contributed by atoms with E-state index in [2.05, 4.69) is 10.5 Å². The van der Waals surface area contributed by atoms with Gasteiger partial charge in [0.1, 0.15) is 0 Å². The van der Waals surface area contributed by atoms with Gasteiger partial charge in [-0.3, -0.25) is 0 Å². The molecule has 1 aliphatic rings. The predicted octanol–water partition coefficient (Wildman–Crippen LogP) is 1.49. The van der Waals surface area contributed by atoms with Crippen LogP contribution in [0.3, 0.4) is 0 Å². The maximum absolute atomic E-state index is 12.3. The number of benzene rings is 1.